The molecule has 8 saturated heterocycles. The Balaban J connectivity index is 0.000000222. The van der Waals surface area contributed by atoms with E-state index in [1.54, 1.807) is 71.6 Å². The van der Waals surface area contributed by atoms with Crippen LogP contribution in [-0.2, 0) is 89.1 Å². The number of alkyl carbamates (subject to hydrolysis) is 2. The molecule has 0 radical (unpaired) electrons. The van der Waals surface area contributed by atoms with E-state index in [1.807, 2.05) is 46.2 Å². The Morgan fingerprint density at radius 1 is 0.378 bits per heavy atom. The van der Waals surface area contributed by atoms with E-state index >= 15 is 26.3 Å². The number of H-pyrrole nitrogens is 2. The summed E-state index contributed by atoms with van der Waals surface area (Å²) in [5, 5.41) is 5.22. The zero-order chi connectivity index (χ0) is 106. The number of amides is 6. The number of esters is 2. The van der Waals surface area contributed by atoms with Crippen molar-refractivity contribution in [1.29, 1.82) is 0 Å². The first-order valence-corrected chi connectivity index (χ1v) is 58.4. The summed E-state index contributed by atoms with van der Waals surface area (Å²) >= 11 is 0. The highest BCUT2D eigenvalue weighted by molar-refractivity contribution is 6.78. The number of hydrogen-bond acceptors (Lipinski definition) is 24. The Morgan fingerprint density at radius 3 is 1.05 bits per heavy atom. The van der Waals surface area contributed by atoms with Crippen LogP contribution < -0.4 is 30.2 Å². The minimum atomic E-state index is -1.46. The van der Waals surface area contributed by atoms with Crippen LogP contribution in [0.2, 0.25) is 50.4 Å². The lowest BCUT2D eigenvalue weighted by Gasteiger charge is -2.38. The molecule has 8 aromatic rings. The second-order valence-corrected chi connectivity index (χ2v) is 52.8. The van der Waals surface area contributed by atoms with Crippen molar-refractivity contribution in [2.45, 2.75) is 266 Å². The maximum absolute atomic E-state index is 16.8. The average Bonchev–Trinajstić information content (AvgIpc) is 1.63. The van der Waals surface area contributed by atoms with Crippen LogP contribution in [0.4, 0.5) is 58.7 Å². The average molecular weight is 2090 g/mol. The van der Waals surface area contributed by atoms with Crippen LogP contribution in [0.3, 0.4) is 0 Å². The third-order valence-corrected chi connectivity index (χ3v) is 38.4. The third-order valence-electron chi connectivity index (χ3n) is 32.0. The highest BCUT2D eigenvalue weighted by atomic mass is 28.3. The molecule has 32 nitrogen and oxygen atoms in total. The van der Waals surface area contributed by atoms with Crippen LogP contribution in [0.5, 0.6) is 0 Å². The predicted octanol–water partition coefficient (Wildman–Crippen LogP) is 16.7. The van der Waals surface area contributed by atoms with Crippen molar-refractivity contribution in [3.8, 4) is 0 Å². The number of methoxy groups -OCH3 is 8. The summed E-state index contributed by atoms with van der Waals surface area (Å²) < 4.78 is 141. The number of fused-ring (bicyclic) bond motifs is 2. The molecular formula is C108H140F6N14O18Si2. The standard InChI is InChI=1S/2C54H70F3N7O9Si/c2*1-31(70-3)37(30-48(66)72-5)52(67)62-19-9-11-45(62)47(65)26-33-13-15-36(38(55)25-33)44-18-17-43(64(44)35-28-39(56)50(40(57)29-35)61-21-23-74(7,8)24-22-61)34-14-16-41-42(27-34)59-51(58-41)46-12-10-20-63(46)53(68)49(32(2)71-4)60-54(69)73-6/h2*13-16,25,27-29,31-32,37,43-46,49H,9-12,17-24,26,30H2,1-8H3,(H,58,59)(H,60,69)/t31-,32-,37+,43+,44+,45+,46+,49+;31-,32-,37+,43-,44-,45+,46+,49+/m11/s1. The maximum atomic E-state index is 16.8. The molecule has 8 aliphatic rings. The highest BCUT2D eigenvalue weighted by Crippen LogP contribution is 2.53. The molecule has 8 aliphatic heterocycles. The largest absolute Gasteiger partial charge is 0.469 e. The number of imidazole rings is 2. The quantitative estimate of drug-likeness (QED) is 0.0126. The van der Waals surface area contributed by atoms with Crippen LogP contribution in [0.1, 0.15) is 199 Å². The van der Waals surface area contributed by atoms with Crippen molar-refractivity contribution < 1.29 is 112 Å². The first-order valence-electron chi connectivity index (χ1n) is 51.5. The van der Waals surface area contributed by atoms with Crippen molar-refractivity contribution in [1.82, 2.24) is 50.2 Å². The Hall–Kier alpha value is -12.0. The van der Waals surface area contributed by atoms with E-state index in [9.17, 15) is 47.9 Å². The van der Waals surface area contributed by atoms with Gasteiger partial charge in [0.1, 0.15) is 46.7 Å². The number of carbonyl (C=O) groups excluding carboxylic acids is 10. The molecule has 0 bridgehead atoms. The smallest absolute Gasteiger partial charge is 0.407 e. The zero-order valence-corrected chi connectivity index (χ0v) is 89.4. The number of aromatic nitrogens is 4. The number of anilines is 4. The number of hydrogen-bond donors (Lipinski definition) is 4. The summed E-state index contributed by atoms with van der Waals surface area (Å²) in [6, 6.07) is 23.2. The lowest BCUT2D eigenvalue weighted by Crippen LogP contribution is -2.54. The van der Waals surface area contributed by atoms with Crippen LogP contribution >= 0.6 is 0 Å². The molecule has 16 rings (SSSR count). The first-order chi connectivity index (χ1) is 70.7. The fraction of sp³-hybridized carbons (Fsp3) is 0.556. The zero-order valence-electron chi connectivity index (χ0n) is 87.4. The van der Waals surface area contributed by atoms with Gasteiger partial charge in [0.05, 0.1) is 164 Å². The van der Waals surface area contributed by atoms with E-state index in [2.05, 4.69) is 46.8 Å². The molecule has 6 amide bonds. The van der Waals surface area contributed by atoms with E-state index in [1.165, 1.54) is 103 Å². The molecular weight excluding hydrogens is 1950 g/mol. The Morgan fingerprint density at radius 2 is 0.716 bits per heavy atom. The van der Waals surface area contributed by atoms with Gasteiger partial charge in [-0.15, -0.1) is 0 Å². The molecule has 0 unspecified atom stereocenters. The summed E-state index contributed by atoms with van der Waals surface area (Å²) in [6.45, 7) is 19.7. The molecule has 2 aromatic heterocycles. The van der Waals surface area contributed by atoms with Crippen LogP contribution in [-0.4, -0.2) is 273 Å². The molecule has 0 saturated carbocycles. The van der Waals surface area contributed by atoms with Gasteiger partial charge in [-0.1, -0.05) is 62.6 Å². The van der Waals surface area contributed by atoms with Crippen molar-refractivity contribution in [2.75, 3.05) is 129 Å². The normalized spacial score (nSPS) is 22.4. The van der Waals surface area contributed by atoms with E-state index in [0.29, 0.717) is 185 Å². The molecule has 0 aliphatic carbocycles. The SMILES string of the molecule is COC(=O)C[C@H](C(=O)N1CCC[C@H]1C(=O)Cc1ccc([C@@H]2CC[C@@H](c3ccc4nc([C@@H]5CCCN5C(=O)[C@@H](NC(=O)OC)[C@@H](C)OC)[nH]c4c3)N2c2cc(F)c(N3CC[Si](C)(C)CC3)c(F)c2)c(F)c1)[C@@H](C)OC.COC(=O)C[C@H](C(=O)N1CCC[C@H]1C(=O)Cc1ccc([C@H]2CC[C@H](c3ccc4nc([C@@H]5CCCN5C(=O)[C@@H](NC(=O)OC)[C@@H](C)OC)[nH]c4c3)N2c2cc(F)c(N3CC[Si](C)(C)CC3)c(F)c2)c(F)c1)[C@@H](C)OC. The number of nitrogens with one attached hydrogen (secondary N) is 4. The van der Waals surface area contributed by atoms with Gasteiger partial charge in [-0.05, 0) is 212 Å². The third kappa shape index (κ3) is 24.0. The minimum Gasteiger partial charge on any atom is -0.469 e. The van der Waals surface area contributed by atoms with Gasteiger partial charge < -0.3 is 97.7 Å². The number of likely N-dealkylation sites (tertiary alicyclic amines) is 4. The van der Waals surface area contributed by atoms with Gasteiger partial charge in [0.25, 0.3) is 0 Å². The number of Topliss-reactive ketones (excluding diaryl/α,β-unsaturated/α-hetero) is 2. The molecule has 40 heteroatoms. The van der Waals surface area contributed by atoms with Crippen molar-refractivity contribution in [2.24, 2.45) is 11.8 Å². The predicted molar refractivity (Wildman–Crippen MR) is 550 cm³/mol. The number of nitrogens with zero attached hydrogens (tertiary/aromatic N) is 10. The minimum absolute atomic E-state index is 0.0598. The Bertz CT molecular complexity index is 5790. The van der Waals surface area contributed by atoms with Crippen molar-refractivity contribution >= 4 is 120 Å². The summed E-state index contributed by atoms with van der Waals surface area (Å²) in [5.74, 6) is -7.60. The Labute approximate surface area is 861 Å². The lowest BCUT2D eigenvalue weighted by molar-refractivity contribution is -0.151. The topological polar surface area (TPSA) is 352 Å². The van der Waals surface area contributed by atoms with Crippen molar-refractivity contribution in [3.63, 3.8) is 0 Å². The Kier molecular flexibility index (Phi) is 35.3. The number of ether oxygens (including phenoxy) is 8. The number of rotatable bonds is 34. The maximum Gasteiger partial charge on any atom is 0.407 e. The summed E-state index contributed by atoms with van der Waals surface area (Å²) in [7, 11) is 7.85. The van der Waals surface area contributed by atoms with E-state index < -0.39 is 172 Å². The number of benzene rings is 6. The van der Waals surface area contributed by atoms with Gasteiger partial charge in [-0.3, -0.25) is 38.4 Å². The lowest BCUT2D eigenvalue weighted by atomic mass is 9.95. The van der Waals surface area contributed by atoms with Gasteiger partial charge in [0.2, 0.25) is 23.6 Å². The van der Waals surface area contributed by atoms with E-state index in [0.717, 1.165) is 35.3 Å². The molecule has 8 fully saturated rings. The summed E-state index contributed by atoms with van der Waals surface area (Å²) in [5.41, 5.74) is 6.03. The van der Waals surface area contributed by atoms with Gasteiger partial charge >= 0.3 is 24.1 Å². The second-order valence-electron chi connectivity index (χ2n) is 42.2. The molecule has 0 spiro atoms. The van der Waals surface area contributed by atoms with Crippen LogP contribution in [0.25, 0.3) is 22.1 Å². The molecule has 10 heterocycles. The molecule has 4 N–H and O–H groups in total. The van der Waals surface area contributed by atoms with Crippen LogP contribution in [0, 0.1) is 46.7 Å². The van der Waals surface area contributed by atoms with Gasteiger partial charge in [-0.2, -0.15) is 0 Å². The first kappa shape index (κ1) is 110. The summed E-state index contributed by atoms with van der Waals surface area (Å²) in [4.78, 5) is 163. The fourth-order valence-electron chi connectivity index (χ4n) is 23.0. The summed E-state index contributed by atoms with van der Waals surface area (Å²) in [6.07, 6.45) is 1.79. The van der Waals surface area contributed by atoms with E-state index in [4.69, 9.17) is 47.9 Å². The highest BCUT2D eigenvalue weighted by Gasteiger charge is 2.48. The van der Waals surface area contributed by atoms with Gasteiger partial charge in [0, 0.05) is 116 Å². The van der Waals surface area contributed by atoms with Gasteiger partial charge in [-0.25, -0.2) is 45.9 Å². The number of ketones is 2. The van der Waals surface area contributed by atoms with Gasteiger partial charge in [0.15, 0.2) is 34.8 Å². The molecule has 800 valence electrons. The number of carbonyl (C=O) groups is 10. The molecule has 148 heavy (non-hydrogen) atoms. The molecule has 6 aromatic carbocycles. The second kappa shape index (κ2) is 47.5. The number of halogens is 6. The monoisotopic (exact) mass is 2090 g/mol. The number of aromatic amines is 2. The fourth-order valence-corrected chi connectivity index (χ4v) is 27.0. The van der Waals surface area contributed by atoms with E-state index in [-0.39, 0.29) is 83.6 Å². The molecule has 16 atom stereocenters. The van der Waals surface area contributed by atoms with Crippen molar-refractivity contribution in [3.05, 3.63) is 177 Å². The van der Waals surface area contributed by atoms with Crippen LogP contribution in [0.15, 0.2) is 97.1 Å².